The molecule has 35 heavy (non-hydrogen) atoms. The van der Waals surface area contributed by atoms with E-state index in [9.17, 15) is 9.90 Å². The average molecular weight is 499 g/mol. The highest BCUT2D eigenvalue weighted by Crippen LogP contribution is 2.61. The molecule has 7 atom stereocenters. The number of aliphatic hydroxyl groups excluding tert-OH is 1. The predicted octanol–water partition coefficient (Wildman–Crippen LogP) is 5.85. The van der Waals surface area contributed by atoms with Crippen LogP contribution in [-0.4, -0.2) is 57.0 Å². The van der Waals surface area contributed by atoms with Crippen LogP contribution in [0.1, 0.15) is 93.4 Å². The van der Waals surface area contributed by atoms with Crippen molar-refractivity contribution in [3.05, 3.63) is 0 Å². The molecule has 6 nitrogen and oxygen atoms in total. The fourth-order valence-corrected chi connectivity index (χ4v) is 6.68. The van der Waals surface area contributed by atoms with Crippen molar-refractivity contribution in [2.75, 3.05) is 33.7 Å². The Balaban J connectivity index is 2.15. The third-order valence-corrected chi connectivity index (χ3v) is 8.65. The zero-order chi connectivity index (χ0) is 26.2. The van der Waals surface area contributed by atoms with Crippen molar-refractivity contribution in [3.8, 4) is 0 Å². The van der Waals surface area contributed by atoms with Crippen LogP contribution in [0.2, 0.25) is 0 Å². The Bertz CT molecular complexity index is 629. The van der Waals surface area contributed by atoms with Crippen LogP contribution in [0.25, 0.3) is 0 Å². The molecule has 2 aliphatic rings. The summed E-state index contributed by atoms with van der Waals surface area (Å²) in [5, 5.41) is 11.1. The van der Waals surface area contributed by atoms with E-state index in [1.807, 2.05) is 20.8 Å². The summed E-state index contributed by atoms with van der Waals surface area (Å²) in [4.78, 5) is 12.3. The summed E-state index contributed by atoms with van der Waals surface area (Å²) in [6.07, 6.45) is 6.90. The Hall–Kier alpha value is -0.690. The van der Waals surface area contributed by atoms with Gasteiger partial charge in [0.05, 0.1) is 37.4 Å². The number of carbonyl (C=O) groups excluding carboxylic acids is 1. The first-order chi connectivity index (χ1) is 16.4. The zero-order valence-corrected chi connectivity index (χ0v) is 23.8. The molecule has 6 heteroatoms. The summed E-state index contributed by atoms with van der Waals surface area (Å²) in [5.41, 5.74) is -0.416. The summed E-state index contributed by atoms with van der Waals surface area (Å²) in [5.74, 6) is 1.99. The van der Waals surface area contributed by atoms with Crippen LogP contribution in [-0.2, 0) is 23.7 Å². The van der Waals surface area contributed by atoms with Gasteiger partial charge in [-0.3, -0.25) is 4.79 Å². The molecule has 0 saturated heterocycles. The van der Waals surface area contributed by atoms with Gasteiger partial charge in [-0.1, -0.05) is 47.0 Å². The van der Waals surface area contributed by atoms with Crippen LogP contribution in [0.5, 0.6) is 0 Å². The minimum Gasteiger partial charge on any atom is -0.465 e. The van der Waals surface area contributed by atoms with Crippen molar-refractivity contribution in [3.63, 3.8) is 0 Å². The molecule has 2 saturated carbocycles. The number of hydrogen-bond donors (Lipinski definition) is 1. The number of hydrogen-bond acceptors (Lipinski definition) is 6. The predicted molar refractivity (Wildman–Crippen MR) is 139 cm³/mol. The molecule has 0 unspecified atom stereocenters. The lowest BCUT2D eigenvalue weighted by Gasteiger charge is -2.49. The molecule has 2 rings (SSSR count). The van der Waals surface area contributed by atoms with Gasteiger partial charge in [0.15, 0.2) is 0 Å². The molecule has 0 aromatic rings. The van der Waals surface area contributed by atoms with Gasteiger partial charge in [0.25, 0.3) is 0 Å². The van der Waals surface area contributed by atoms with Crippen molar-refractivity contribution in [2.24, 2.45) is 40.4 Å². The number of carbonyl (C=O) groups is 1. The lowest BCUT2D eigenvalue weighted by molar-refractivity contribution is -0.157. The van der Waals surface area contributed by atoms with Crippen molar-refractivity contribution >= 4 is 5.97 Å². The Kier molecular flexibility index (Phi) is 12.0. The minimum atomic E-state index is -0.519. The Morgan fingerprint density at radius 3 is 2.46 bits per heavy atom. The van der Waals surface area contributed by atoms with E-state index in [2.05, 4.69) is 27.7 Å². The fourth-order valence-electron chi connectivity index (χ4n) is 6.68. The van der Waals surface area contributed by atoms with Crippen LogP contribution in [0.15, 0.2) is 0 Å². The van der Waals surface area contributed by atoms with E-state index in [1.165, 1.54) is 19.3 Å². The molecule has 0 aromatic carbocycles. The maximum atomic E-state index is 12.3. The lowest BCUT2D eigenvalue weighted by Crippen LogP contribution is -2.48. The van der Waals surface area contributed by atoms with E-state index < -0.39 is 11.5 Å². The van der Waals surface area contributed by atoms with Crippen LogP contribution >= 0.6 is 0 Å². The molecule has 2 fully saturated rings. The maximum Gasteiger partial charge on any atom is 0.311 e. The second-order valence-corrected chi connectivity index (χ2v) is 12.8. The second-order valence-electron chi connectivity index (χ2n) is 12.8. The van der Waals surface area contributed by atoms with Crippen LogP contribution in [0.3, 0.4) is 0 Å². The molecule has 0 radical (unpaired) electrons. The molecule has 1 N–H and O–H groups in total. The maximum absolute atomic E-state index is 12.3. The summed E-state index contributed by atoms with van der Waals surface area (Å²) in [6, 6.07) is 0. The number of methoxy groups -OCH3 is 1. The second kappa shape index (κ2) is 13.7. The van der Waals surface area contributed by atoms with E-state index in [0.29, 0.717) is 38.1 Å². The van der Waals surface area contributed by atoms with E-state index in [1.54, 1.807) is 7.11 Å². The first kappa shape index (κ1) is 30.5. The standard InChI is InChI=1S/C29H54O6/c1-20(2)10-9-11-21(3)23-18-25(35-19-33-17-16-32-8)26-22(24(30)12-14-29(23,26)7)13-15-34-27(31)28(4,5)6/h20-26,30H,9-19H2,1-8H3/t21-,22-,23-,24-,25+,26-,29-/m1/s1. The number of ether oxygens (including phenoxy) is 4. The van der Waals surface area contributed by atoms with Crippen molar-refractivity contribution < 1.29 is 28.8 Å². The molecule has 0 heterocycles. The van der Waals surface area contributed by atoms with Gasteiger partial charge in [0, 0.05) is 7.11 Å². The Morgan fingerprint density at radius 1 is 1.11 bits per heavy atom. The zero-order valence-electron chi connectivity index (χ0n) is 23.8. The smallest absolute Gasteiger partial charge is 0.311 e. The SMILES string of the molecule is COCCOCO[C@H]1C[C@H]([C@H](C)CCCC(C)C)[C@@]2(C)CC[C@@H](O)[C@@H](CCOC(=O)C(C)(C)C)[C@H]12. The first-order valence-corrected chi connectivity index (χ1v) is 13.9. The monoisotopic (exact) mass is 498 g/mol. The minimum absolute atomic E-state index is 0.0401. The largest absolute Gasteiger partial charge is 0.465 e. The summed E-state index contributed by atoms with van der Waals surface area (Å²) in [6.45, 7) is 16.7. The number of fused-ring (bicyclic) bond motifs is 1. The average Bonchev–Trinajstić information content (AvgIpc) is 3.07. The van der Waals surface area contributed by atoms with Crippen molar-refractivity contribution in [1.29, 1.82) is 0 Å². The molecular formula is C29H54O6. The van der Waals surface area contributed by atoms with Gasteiger partial charge >= 0.3 is 5.97 Å². The first-order valence-electron chi connectivity index (χ1n) is 13.9. The van der Waals surface area contributed by atoms with Crippen molar-refractivity contribution in [1.82, 2.24) is 0 Å². The third kappa shape index (κ3) is 8.41. The van der Waals surface area contributed by atoms with Gasteiger partial charge in [-0.15, -0.1) is 0 Å². The quantitative estimate of drug-likeness (QED) is 0.184. The lowest BCUT2D eigenvalue weighted by atomic mass is 9.57. The summed E-state index contributed by atoms with van der Waals surface area (Å²) >= 11 is 0. The number of esters is 1. The van der Waals surface area contributed by atoms with Gasteiger partial charge < -0.3 is 24.1 Å². The Labute approximate surface area is 214 Å². The molecule has 206 valence electrons. The van der Waals surface area contributed by atoms with Gasteiger partial charge in [0.2, 0.25) is 0 Å². The van der Waals surface area contributed by atoms with Crippen LogP contribution in [0.4, 0.5) is 0 Å². The third-order valence-electron chi connectivity index (χ3n) is 8.65. The van der Waals surface area contributed by atoms with E-state index >= 15 is 0 Å². The van der Waals surface area contributed by atoms with E-state index in [-0.39, 0.29) is 36.1 Å². The summed E-state index contributed by atoms with van der Waals surface area (Å²) in [7, 11) is 1.67. The highest BCUT2D eigenvalue weighted by atomic mass is 16.7. The van der Waals surface area contributed by atoms with Crippen LogP contribution < -0.4 is 0 Å². The summed E-state index contributed by atoms with van der Waals surface area (Å²) < 4.78 is 22.7. The van der Waals surface area contributed by atoms with E-state index in [4.69, 9.17) is 18.9 Å². The Morgan fingerprint density at radius 2 is 1.83 bits per heavy atom. The van der Waals surface area contributed by atoms with Gasteiger partial charge in [-0.25, -0.2) is 0 Å². The van der Waals surface area contributed by atoms with Crippen LogP contribution in [0, 0.1) is 40.4 Å². The molecule has 0 bridgehead atoms. The highest BCUT2D eigenvalue weighted by molar-refractivity contribution is 5.75. The molecule has 2 aliphatic carbocycles. The molecule has 0 aliphatic heterocycles. The van der Waals surface area contributed by atoms with Gasteiger partial charge in [-0.05, 0) is 81.5 Å². The topological polar surface area (TPSA) is 74.2 Å². The number of aliphatic hydroxyl groups is 1. The van der Waals surface area contributed by atoms with Crippen molar-refractivity contribution in [2.45, 2.75) is 106 Å². The van der Waals surface area contributed by atoms with Gasteiger partial charge in [-0.2, -0.15) is 0 Å². The molecular weight excluding hydrogens is 444 g/mol. The normalized spacial score (nSPS) is 32.0. The molecule has 0 aromatic heterocycles. The molecule has 0 amide bonds. The number of rotatable bonds is 14. The van der Waals surface area contributed by atoms with E-state index in [0.717, 1.165) is 25.2 Å². The highest BCUT2D eigenvalue weighted by Gasteiger charge is 2.59. The van der Waals surface area contributed by atoms with Gasteiger partial charge in [0.1, 0.15) is 6.79 Å². The molecule has 0 spiro atoms. The fraction of sp³-hybridized carbons (Fsp3) is 0.966.